The average molecular weight is 223 g/mol. The van der Waals surface area contributed by atoms with E-state index in [1.54, 1.807) is 7.11 Å². The molecule has 16 heavy (non-hydrogen) atoms. The van der Waals surface area contributed by atoms with Crippen LogP contribution in [0, 0.1) is 6.92 Å². The first-order valence-corrected chi connectivity index (χ1v) is 5.52. The van der Waals surface area contributed by atoms with Crippen molar-refractivity contribution in [1.29, 1.82) is 0 Å². The molecule has 1 aromatic heterocycles. The molecule has 1 unspecified atom stereocenters. The van der Waals surface area contributed by atoms with Crippen molar-refractivity contribution >= 4 is 5.95 Å². The largest absolute Gasteiger partial charge is 0.481 e. The standard InChI is InChI=1S/C11H17N3O2/c1-8-6-10(15-2)14-11(12-8)13-9-4-3-5-16-7-9/h6,9H,3-5,7H2,1-2H3,(H,12,13,14). The molecule has 0 spiro atoms. The SMILES string of the molecule is COc1cc(C)nc(NC2CCCOC2)n1. The molecule has 1 N–H and O–H groups in total. The summed E-state index contributed by atoms with van der Waals surface area (Å²) in [6.07, 6.45) is 2.18. The number of rotatable bonds is 3. The minimum atomic E-state index is 0.306. The molecule has 2 rings (SSSR count). The zero-order valence-corrected chi connectivity index (χ0v) is 9.69. The molecule has 1 fully saturated rings. The summed E-state index contributed by atoms with van der Waals surface area (Å²) in [5.41, 5.74) is 0.895. The Balaban J connectivity index is 2.04. The summed E-state index contributed by atoms with van der Waals surface area (Å²) in [4.78, 5) is 8.56. The molecule has 1 aromatic rings. The van der Waals surface area contributed by atoms with Crippen LogP contribution in [0.25, 0.3) is 0 Å². The molecule has 1 saturated heterocycles. The minimum Gasteiger partial charge on any atom is -0.481 e. The van der Waals surface area contributed by atoms with Crippen LogP contribution in [0.15, 0.2) is 6.07 Å². The van der Waals surface area contributed by atoms with E-state index in [9.17, 15) is 0 Å². The number of aromatic nitrogens is 2. The van der Waals surface area contributed by atoms with Crippen LogP contribution in [0.1, 0.15) is 18.5 Å². The summed E-state index contributed by atoms with van der Waals surface area (Å²) < 4.78 is 10.5. The first-order chi connectivity index (χ1) is 7.78. The van der Waals surface area contributed by atoms with Gasteiger partial charge in [-0.05, 0) is 19.8 Å². The molecule has 0 saturated carbocycles. The molecule has 1 aliphatic heterocycles. The Morgan fingerprint density at radius 2 is 2.38 bits per heavy atom. The Kier molecular flexibility index (Phi) is 3.56. The van der Waals surface area contributed by atoms with E-state index in [0.717, 1.165) is 31.7 Å². The van der Waals surface area contributed by atoms with Gasteiger partial charge in [-0.2, -0.15) is 4.98 Å². The van der Waals surface area contributed by atoms with Gasteiger partial charge in [-0.1, -0.05) is 0 Å². The van der Waals surface area contributed by atoms with Crippen molar-refractivity contribution in [3.8, 4) is 5.88 Å². The molecule has 0 bridgehead atoms. The lowest BCUT2D eigenvalue weighted by Crippen LogP contribution is -2.30. The lowest BCUT2D eigenvalue weighted by molar-refractivity contribution is 0.0873. The van der Waals surface area contributed by atoms with Gasteiger partial charge in [0.05, 0.1) is 19.8 Å². The van der Waals surface area contributed by atoms with E-state index in [1.807, 2.05) is 13.0 Å². The highest BCUT2D eigenvalue weighted by atomic mass is 16.5. The molecule has 0 radical (unpaired) electrons. The molecule has 0 amide bonds. The third-order valence-electron chi connectivity index (χ3n) is 2.53. The lowest BCUT2D eigenvalue weighted by atomic mass is 10.1. The number of ether oxygens (including phenoxy) is 2. The van der Waals surface area contributed by atoms with E-state index in [-0.39, 0.29) is 0 Å². The van der Waals surface area contributed by atoms with Crippen LogP contribution < -0.4 is 10.1 Å². The van der Waals surface area contributed by atoms with Gasteiger partial charge in [-0.3, -0.25) is 0 Å². The monoisotopic (exact) mass is 223 g/mol. The van der Waals surface area contributed by atoms with Gasteiger partial charge in [0.2, 0.25) is 11.8 Å². The number of hydrogen-bond donors (Lipinski definition) is 1. The van der Waals surface area contributed by atoms with Gasteiger partial charge >= 0.3 is 0 Å². The van der Waals surface area contributed by atoms with Crippen molar-refractivity contribution in [1.82, 2.24) is 9.97 Å². The molecule has 5 heteroatoms. The molecule has 1 aliphatic rings. The van der Waals surface area contributed by atoms with Crippen LogP contribution in [0.4, 0.5) is 5.95 Å². The fourth-order valence-electron chi connectivity index (χ4n) is 1.75. The highest BCUT2D eigenvalue weighted by Gasteiger charge is 2.15. The third-order valence-corrected chi connectivity index (χ3v) is 2.53. The molecule has 5 nitrogen and oxygen atoms in total. The topological polar surface area (TPSA) is 56.3 Å². The molecule has 88 valence electrons. The summed E-state index contributed by atoms with van der Waals surface area (Å²) >= 11 is 0. The Morgan fingerprint density at radius 3 is 3.06 bits per heavy atom. The van der Waals surface area contributed by atoms with Crippen molar-refractivity contribution in [3.63, 3.8) is 0 Å². The maximum Gasteiger partial charge on any atom is 0.226 e. The summed E-state index contributed by atoms with van der Waals surface area (Å²) in [5, 5.41) is 3.27. The maximum atomic E-state index is 5.39. The van der Waals surface area contributed by atoms with Crippen molar-refractivity contribution in [3.05, 3.63) is 11.8 Å². The Bertz CT molecular complexity index is 351. The van der Waals surface area contributed by atoms with E-state index >= 15 is 0 Å². The van der Waals surface area contributed by atoms with Crippen LogP contribution >= 0.6 is 0 Å². The van der Waals surface area contributed by atoms with Crippen LogP contribution in [0.5, 0.6) is 5.88 Å². The van der Waals surface area contributed by atoms with E-state index < -0.39 is 0 Å². The van der Waals surface area contributed by atoms with E-state index in [4.69, 9.17) is 9.47 Å². The number of hydrogen-bond acceptors (Lipinski definition) is 5. The fraction of sp³-hybridized carbons (Fsp3) is 0.636. The molecular weight excluding hydrogens is 206 g/mol. The minimum absolute atomic E-state index is 0.306. The van der Waals surface area contributed by atoms with E-state index in [1.165, 1.54) is 0 Å². The normalized spacial score (nSPS) is 20.5. The first kappa shape index (κ1) is 11.1. The van der Waals surface area contributed by atoms with Crippen molar-refractivity contribution < 1.29 is 9.47 Å². The molecule has 0 aliphatic carbocycles. The quantitative estimate of drug-likeness (QED) is 0.839. The first-order valence-electron chi connectivity index (χ1n) is 5.52. The second kappa shape index (κ2) is 5.12. The number of methoxy groups -OCH3 is 1. The van der Waals surface area contributed by atoms with Crippen LogP contribution in [0.2, 0.25) is 0 Å². The van der Waals surface area contributed by atoms with Gasteiger partial charge in [-0.25, -0.2) is 4.98 Å². The third kappa shape index (κ3) is 2.82. The van der Waals surface area contributed by atoms with Crippen LogP contribution in [-0.2, 0) is 4.74 Å². The molecule has 0 aromatic carbocycles. The van der Waals surface area contributed by atoms with Crippen molar-refractivity contribution in [2.75, 3.05) is 25.6 Å². The summed E-state index contributed by atoms with van der Waals surface area (Å²) in [6, 6.07) is 2.11. The van der Waals surface area contributed by atoms with Gasteiger partial charge in [0, 0.05) is 18.4 Å². The van der Waals surface area contributed by atoms with E-state index in [2.05, 4.69) is 15.3 Å². The predicted octanol–water partition coefficient (Wildman–Crippen LogP) is 1.38. The highest BCUT2D eigenvalue weighted by molar-refractivity contribution is 5.31. The zero-order chi connectivity index (χ0) is 11.4. The highest BCUT2D eigenvalue weighted by Crippen LogP contribution is 2.15. The number of anilines is 1. The summed E-state index contributed by atoms with van der Waals surface area (Å²) in [6.45, 7) is 3.50. The average Bonchev–Trinajstić information content (AvgIpc) is 2.29. The Labute approximate surface area is 95.2 Å². The van der Waals surface area contributed by atoms with Crippen LogP contribution in [0.3, 0.4) is 0 Å². The summed E-state index contributed by atoms with van der Waals surface area (Å²) in [5.74, 6) is 1.21. The molecule has 1 atom stereocenters. The van der Waals surface area contributed by atoms with Gasteiger partial charge in [0.15, 0.2) is 0 Å². The number of nitrogens with one attached hydrogen (secondary N) is 1. The van der Waals surface area contributed by atoms with Crippen molar-refractivity contribution in [2.45, 2.75) is 25.8 Å². The van der Waals surface area contributed by atoms with Gasteiger partial charge in [0.1, 0.15) is 0 Å². The summed E-state index contributed by atoms with van der Waals surface area (Å²) in [7, 11) is 1.61. The maximum absolute atomic E-state index is 5.39. The zero-order valence-electron chi connectivity index (χ0n) is 9.69. The predicted molar refractivity (Wildman–Crippen MR) is 60.8 cm³/mol. The van der Waals surface area contributed by atoms with Gasteiger partial charge in [0.25, 0.3) is 0 Å². The van der Waals surface area contributed by atoms with Gasteiger partial charge < -0.3 is 14.8 Å². The van der Waals surface area contributed by atoms with Gasteiger partial charge in [-0.15, -0.1) is 0 Å². The Hall–Kier alpha value is -1.36. The second-order valence-electron chi connectivity index (χ2n) is 3.93. The smallest absolute Gasteiger partial charge is 0.226 e. The number of nitrogens with zero attached hydrogens (tertiary/aromatic N) is 2. The molecular formula is C11H17N3O2. The van der Waals surface area contributed by atoms with E-state index in [0.29, 0.717) is 17.9 Å². The Morgan fingerprint density at radius 1 is 1.50 bits per heavy atom. The lowest BCUT2D eigenvalue weighted by Gasteiger charge is -2.23. The second-order valence-corrected chi connectivity index (χ2v) is 3.93. The fourth-order valence-corrected chi connectivity index (χ4v) is 1.75. The van der Waals surface area contributed by atoms with Crippen molar-refractivity contribution in [2.24, 2.45) is 0 Å². The van der Waals surface area contributed by atoms with Crippen LogP contribution in [-0.4, -0.2) is 36.3 Å². The number of aryl methyl sites for hydroxylation is 1. The molecule has 2 heterocycles.